The summed E-state index contributed by atoms with van der Waals surface area (Å²) in [6, 6.07) is 1.22. The standard InChI is InChI=1S/C12H19N3O5/c1-14-11(18)4-6-15(12(14)19)7-10(17)13-5-3-9(16)8-20-2/h4,6,9,16H,3,5,7-8H2,1-2H3,(H,13,17). The summed E-state index contributed by atoms with van der Waals surface area (Å²) in [5.74, 6) is -0.365. The van der Waals surface area contributed by atoms with E-state index < -0.39 is 17.4 Å². The van der Waals surface area contributed by atoms with Crippen molar-refractivity contribution >= 4 is 5.91 Å². The van der Waals surface area contributed by atoms with Gasteiger partial charge in [-0.2, -0.15) is 0 Å². The summed E-state index contributed by atoms with van der Waals surface area (Å²) < 4.78 is 6.82. The third-order valence-corrected chi connectivity index (χ3v) is 2.73. The number of carbonyl (C=O) groups excluding carboxylic acids is 1. The predicted octanol–water partition coefficient (Wildman–Crippen LogP) is -1.94. The molecule has 1 aromatic heterocycles. The van der Waals surface area contributed by atoms with Crippen molar-refractivity contribution in [2.45, 2.75) is 19.1 Å². The van der Waals surface area contributed by atoms with Gasteiger partial charge in [0.15, 0.2) is 0 Å². The Labute approximate surface area is 115 Å². The average Bonchev–Trinajstić information content (AvgIpc) is 2.40. The molecule has 8 nitrogen and oxygen atoms in total. The Balaban J connectivity index is 2.49. The van der Waals surface area contributed by atoms with Crippen molar-refractivity contribution in [3.63, 3.8) is 0 Å². The van der Waals surface area contributed by atoms with E-state index in [1.807, 2.05) is 0 Å². The topological polar surface area (TPSA) is 103 Å². The average molecular weight is 285 g/mol. The lowest BCUT2D eigenvalue weighted by Crippen LogP contribution is -2.40. The molecule has 0 aliphatic heterocycles. The van der Waals surface area contributed by atoms with Crippen molar-refractivity contribution < 1.29 is 14.6 Å². The second kappa shape index (κ2) is 7.61. The van der Waals surface area contributed by atoms with Crippen LogP contribution < -0.4 is 16.6 Å². The molecular weight excluding hydrogens is 266 g/mol. The monoisotopic (exact) mass is 285 g/mol. The number of hydrogen-bond donors (Lipinski definition) is 2. The number of nitrogens with one attached hydrogen (secondary N) is 1. The third kappa shape index (κ3) is 4.63. The molecule has 0 radical (unpaired) electrons. The SMILES string of the molecule is COCC(O)CCNC(=O)Cn1ccc(=O)n(C)c1=O. The van der Waals surface area contributed by atoms with Crippen molar-refractivity contribution in [1.82, 2.24) is 14.5 Å². The summed E-state index contributed by atoms with van der Waals surface area (Å²) in [4.78, 5) is 34.5. The Morgan fingerprint density at radius 3 is 2.85 bits per heavy atom. The van der Waals surface area contributed by atoms with Crippen molar-refractivity contribution in [2.24, 2.45) is 7.05 Å². The Bertz CT molecular complexity index is 563. The van der Waals surface area contributed by atoms with Gasteiger partial charge in [-0.1, -0.05) is 0 Å². The molecule has 1 rings (SSSR count). The van der Waals surface area contributed by atoms with E-state index in [1.165, 1.54) is 26.4 Å². The smallest absolute Gasteiger partial charge is 0.331 e. The summed E-state index contributed by atoms with van der Waals surface area (Å²) in [7, 11) is 2.83. The molecule has 0 saturated heterocycles. The van der Waals surface area contributed by atoms with Crippen LogP contribution in [0.3, 0.4) is 0 Å². The zero-order valence-corrected chi connectivity index (χ0v) is 11.5. The number of nitrogens with zero attached hydrogens (tertiary/aromatic N) is 2. The van der Waals surface area contributed by atoms with E-state index >= 15 is 0 Å². The maximum atomic E-state index is 11.7. The molecule has 20 heavy (non-hydrogen) atoms. The van der Waals surface area contributed by atoms with Crippen LogP contribution in [0.5, 0.6) is 0 Å². The van der Waals surface area contributed by atoms with E-state index in [1.54, 1.807) is 0 Å². The molecule has 1 atom stereocenters. The molecule has 1 aromatic rings. The Morgan fingerprint density at radius 2 is 2.20 bits per heavy atom. The zero-order valence-electron chi connectivity index (χ0n) is 11.5. The number of aromatic nitrogens is 2. The molecular formula is C12H19N3O5. The van der Waals surface area contributed by atoms with Crippen LogP contribution in [0.15, 0.2) is 21.9 Å². The van der Waals surface area contributed by atoms with Gasteiger partial charge in [-0.05, 0) is 6.42 Å². The Morgan fingerprint density at radius 1 is 1.50 bits per heavy atom. The highest BCUT2D eigenvalue weighted by Crippen LogP contribution is 1.90. The number of methoxy groups -OCH3 is 1. The van der Waals surface area contributed by atoms with E-state index in [4.69, 9.17) is 4.74 Å². The molecule has 0 aliphatic rings. The number of amides is 1. The van der Waals surface area contributed by atoms with Gasteiger partial charge in [-0.3, -0.25) is 18.7 Å². The molecule has 112 valence electrons. The number of ether oxygens (including phenoxy) is 1. The normalized spacial score (nSPS) is 12.2. The summed E-state index contributed by atoms with van der Waals surface area (Å²) >= 11 is 0. The fourth-order valence-electron chi connectivity index (χ4n) is 1.60. The van der Waals surface area contributed by atoms with E-state index in [-0.39, 0.29) is 25.6 Å². The molecule has 0 saturated carbocycles. The highest BCUT2D eigenvalue weighted by molar-refractivity contribution is 5.75. The molecule has 1 heterocycles. The summed E-state index contributed by atoms with van der Waals surface area (Å²) in [6.07, 6.45) is 1.01. The largest absolute Gasteiger partial charge is 0.391 e. The first kappa shape index (κ1) is 16.1. The Hall–Kier alpha value is -1.93. The van der Waals surface area contributed by atoms with Crippen LogP contribution >= 0.6 is 0 Å². The molecule has 0 spiro atoms. The summed E-state index contributed by atoms with van der Waals surface area (Å²) in [5.41, 5.74) is -0.971. The Kier molecular flexibility index (Phi) is 6.13. The number of aliphatic hydroxyl groups is 1. The number of aliphatic hydroxyl groups excluding tert-OH is 1. The lowest BCUT2D eigenvalue weighted by molar-refractivity contribution is -0.121. The number of rotatable bonds is 7. The van der Waals surface area contributed by atoms with Crippen LogP contribution in [-0.2, 0) is 23.1 Å². The fourth-order valence-corrected chi connectivity index (χ4v) is 1.60. The van der Waals surface area contributed by atoms with Gasteiger partial charge >= 0.3 is 5.69 Å². The highest BCUT2D eigenvalue weighted by atomic mass is 16.5. The molecule has 0 bridgehead atoms. The molecule has 8 heteroatoms. The zero-order chi connectivity index (χ0) is 15.1. The number of carbonyl (C=O) groups is 1. The maximum absolute atomic E-state index is 11.7. The molecule has 0 fully saturated rings. The van der Waals surface area contributed by atoms with Gasteiger partial charge < -0.3 is 15.2 Å². The molecule has 0 aliphatic carbocycles. The fraction of sp³-hybridized carbons (Fsp3) is 0.583. The van der Waals surface area contributed by atoms with Crippen molar-refractivity contribution in [2.75, 3.05) is 20.3 Å². The molecule has 1 unspecified atom stereocenters. The minimum absolute atomic E-state index is 0.173. The number of hydrogen-bond acceptors (Lipinski definition) is 5. The first-order valence-electron chi connectivity index (χ1n) is 6.16. The van der Waals surface area contributed by atoms with Crippen molar-refractivity contribution in [1.29, 1.82) is 0 Å². The van der Waals surface area contributed by atoms with Gasteiger partial charge in [-0.15, -0.1) is 0 Å². The molecule has 1 amide bonds. The minimum Gasteiger partial charge on any atom is -0.391 e. The quantitative estimate of drug-likeness (QED) is 0.607. The van der Waals surface area contributed by atoms with E-state index in [2.05, 4.69) is 5.32 Å². The van der Waals surface area contributed by atoms with Crippen LogP contribution in [0.4, 0.5) is 0 Å². The summed E-state index contributed by atoms with van der Waals surface area (Å²) in [5, 5.41) is 12.0. The lowest BCUT2D eigenvalue weighted by atomic mass is 10.2. The third-order valence-electron chi connectivity index (χ3n) is 2.73. The lowest BCUT2D eigenvalue weighted by Gasteiger charge is -2.11. The first-order valence-corrected chi connectivity index (χ1v) is 6.16. The van der Waals surface area contributed by atoms with Gasteiger partial charge in [0, 0.05) is 33.0 Å². The molecule has 0 aromatic carbocycles. The van der Waals surface area contributed by atoms with Gasteiger partial charge in [-0.25, -0.2) is 4.79 Å². The molecule has 2 N–H and O–H groups in total. The van der Waals surface area contributed by atoms with E-state index in [0.717, 1.165) is 9.13 Å². The second-order valence-electron chi connectivity index (χ2n) is 4.37. The van der Waals surface area contributed by atoms with Crippen LogP contribution in [0.1, 0.15) is 6.42 Å². The summed E-state index contributed by atoms with van der Waals surface area (Å²) in [6.45, 7) is 0.313. The van der Waals surface area contributed by atoms with Crippen LogP contribution in [-0.4, -0.2) is 46.5 Å². The predicted molar refractivity (Wildman–Crippen MR) is 71.5 cm³/mol. The van der Waals surface area contributed by atoms with Crippen LogP contribution in [0.25, 0.3) is 0 Å². The van der Waals surface area contributed by atoms with Crippen LogP contribution in [0, 0.1) is 0 Å². The maximum Gasteiger partial charge on any atom is 0.331 e. The van der Waals surface area contributed by atoms with Crippen molar-refractivity contribution in [3.8, 4) is 0 Å². The van der Waals surface area contributed by atoms with Crippen molar-refractivity contribution in [3.05, 3.63) is 33.1 Å². The van der Waals surface area contributed by atoms with Crippen LogP contribution in [0.2, 0.25) is 0 Å². The first-order chi connectivity index (χ1) is 9.45. The van der Waals surface area contributed by atoms with Gasteiger partial charge in [0.05, 0.1) is 12.7 Å². The van der Waals surface area contributed by atoms with Gasteiger partial charge in [0.2, 0.25) is 5.91 Å². The minimum atomic E-state index is -0.638. The highest BCUT2D eigenvalue weighted by Gasteiger charge is 2.08. The second-order valence-corrected chi connectivity index (χ2v) is 4.37. The van der Waals surface area contributed by atoms with E-state index in [0.29, 0.717) is 6.42 Å². The van der Waals surface area contributed by atoms with Gasteiger partial charge in [0.25, 0.3) is 5.56 Å². The van der Waals surface area contributed by atoms with E-state index in [9.17, 15) is 19.5 Å². The van der Waals surface area contributed by atoms with Gasteiger partial charge in [0.1, 0.15) is 6.54 Å².